The van der Waals surface area contributed by atoms with E-state index < -0.39 is 0 Å². The molecule has 19 heavy (non-hydrogen) atoms. The Morgan fingerprint density at radius 3 is 2.74 bits per heavy atom. The summed E-state index contributed by atoms with van der Waals surface area (Å²) in [5.41, 5.74) is 1.61. The Labute approximate surface area is 112 Å². The second kappa shape index (κ2) is 5.40. The van der Waals surface area contributed by atoms with E-state index >= 15 is 0 Å². The monoisotopic (exact) mass is 263 g/mol. The van der Waals surface area contributed by atoms with Gasteiger partial charge in [0.15, 0.2) is 11.6 Å². The number of hydrogen-bond acceptors (Lipinski definition) is 3. The summed E-state index contributed by atoms with van der Waals surface area (Å²) in [4.78, 5) is 0. The highest BCUT2D eigenvalue weighted by Crippen LogP contribution is 2.32. The van der Waals surface area contributed by atoms with Crippen molar-refractivity contribution in [3.63, 3.8) is 0 Å². The van der Waals surface area contributed by atoms with E-state index in [1.54, 1.807) is 23.9 Å². The number of halogens is 1. The summed E-state index contributed by atoms with van der Waals surface area (Å²) in [6.45, 7) is 3.82. The van der Waals surface area contributed by atoms with Crippen molar-refractivity contribution in [3.8, 4) is 11.6 Å². The van der Waals surface area contributed by atoms with E-state index in [1.165, 1.54) is 6.07 Å². The number of ether oxygens (including phenoxy) is 1. The summed E-state index contributed by atoms with van der Waals surface area (Å²) in [7, 11) is 3.60. The molecule has 0 saturated carbocycles. The molecule has 5 heteroatoms. The minimum Gasteiger partial charge on any atom is -0.436 e. The highest BCUT2D eigenvalue weighted by atomic mass is 19.1. The van der Waals surface area contributed by atoms with Gasteiger partial charge in [-0.25, -0.2) is 9.07 Å². The first-order chi connectivity index (χ1) is 9.02. The standard InChI is InChI=1S/C14H18FN3O/c1-9-8-13(18(4)17-9)19-14-11(10(2)16-3)6-5-7-12(14)15/h5-8,10,16H,1-4H3. The highest BCUT2D eigenvalue weighted by molar-refractivity contribution is 5.39. The fourth-order valence-electron chi connectivity index (χ4n) is 1.92. The lowest BCUT2D eigenvalue weighted by molar-refractivity contribution is 0.393. The molecule has 0 aliphatic carbocycles. The summed E-state index contributed by atoms with van der Waals surface area (Å²) in [5, 5.41) is 7.27. The van der Waals surface area contributed by atoms with Gasteiger partial charge in [-0.2, -0.15) is 5.10 Å². The molecule has 2 rings (SSSR count). The van der Waals surface area contributed by atoms with Gasteiger partial charge in [0.2, 0.25) is 5.88 Å². The number of aromatic nitrogens is 2. The summed E-state index contributed by atoms with van der Waals surface area (Å²) >= 11 is 0. The van der Waals surface area contributed by atoms with E-state index in [4.69, 9.17) is 4.74 Å². The van der Waals surface area contributed by atoms with Crippen LogP contribution in [0.2, 0.25) is 0 Å². The predicted octanol–water partition coefficient (Wildman–Crippen LogP) is 2.94. The Morgan fingerprint density at radius 1 is 1.42 bits per heavy atom. The molecule has 0 fully saturated rings. The zero-order chi connectivity index (χ0) is 14.0. The van der Waals surface area contributed by atoms with Crippen molar-refractivity contribution in [2.24, 2.45) is 7.05 Å². The predicted molar refractivity (Wildman–Crippen MR) is 71.9 cm³/mol. The van der Waals surface area contributed by atoms with E-state index in [2.05, 4.69) is 10.4 Å². The number of aryl methyl sites for hydroxylation is 2. The third-order valence-electron chi connectivity index (χ3n) is 3.06. The van der Waals surface area contributed by atoms with Crippen molar-refractivity contribution < 1.29 is 9.13 Å². The second-order valence-electron chi connectivity index (χ2n) is 4.52. The molecule has 1 atom stereocenters. The van der Waals surface area contributed by atoms with E-state index in [0.717, 1.165) is 11.3 Å². The summed E-state index contributed by atoms with van der Waals surface area (Å²) in [6.07, 6.45) is 0. The van der Waals surface area contributed by atoms with Gasteiger partial charge in [0, 0.05) is 24.7 Å². The molecule has 0 spiro atoms. The number of nitrogens with one attached hydrogen (secondary N) is 1. The van der Waals surface area contributed by atoms with Gasteiger partial charge in [0.25, 0.3) is 0 Å². The SMILES string of the molecule is CNC(C)c1cccc(F)c1Oc1cc(C)nn1C. The van der Waals surface area contributed by atoms with Crippen LogP contribution in [-0.4, -0.2) is 16.8 Å². The van der Waals surface area contributed by atoms with Gasteiger partial charge in [-0.15, -0.1) is 0 Å². The first-order valence-electron chi connectivity index (χ1n) is 6.17. The van der Waals surface area contributed by atoms with E-state index in [9.17, 15) is 4.39 Å². The van der Waals surface area contributed by atoms with Gasteiger partial charge < -0.3 is 10.1 Å². The molecule has 0 radical (unpaired) electrons. The molecule has 1 unspecified atom stereocenters. The van der Waals surface area contributed by atoms with Gasteiger partial charge >= 0.3 is 0 Å². The lowest BCUT2D eigenvalue weighted by Gasteiger charge is -2.16. The molecule has 1 aromatic heterocycles. The molecule has 0 aliphatic heterocycles. The number of para-hydroxylation sites is 1. The Balaban J connectivity index is 2.41. The van der Waals surface area contributed by atoms with Crippen LogP contribution in [0.5, 0.6) is 11.6 Å². The fraction of sp³-hybridized carbons (Fsp3) is 0.357. The van der Waals surface area contributed by atoms with E-state index in [1.807, 2.05) is 27.0 Å². The molecule has 2 aromatic rings. The minimum absolute atomic E-state index is 0.0000227. The molecule has 0 saturated heterocycles. The van der Waals surface area contributed by atoms with Crippen molar-refractivity contribution in [1.29, 1.82) is 0 Å². The van der Waals surface area contributed by atoms with Crippen LogP contribution in [-0.2, 0) is 7.05 Å². The number of rotatable bonds is 4. The molecule has 4 nitrogen and oxygen atoms in total. The lowest BCUT2D eigenvalue weighted by atomic mass is 10.1. The van der Waals surface area contributed by atoms with Crippen molar-refractivity contribution in [1.82, 2.24) is 15.1 Å². The van der Waals surface area contributed by atoms with Gasteiger partial charge in [-0.05, 0) is 27.0 Å². The first-order valence-corrected chi connectivity index (χ1v) is 6.17. The van der Waals surface area contributed by atoms with Crippen LogP contribution in [0.4, 0.5) is 4.39 Å². The van der Waals surface area contributed by atoms with Crippen molar-refractivity contribution in [2.75, 3.05) is 7.05 Å². The summed E-state index contributed by atoms with van der Waals surface area (Å²) in [5.74, 6) is 0.387. The molecule has 1 aromatic carbocycles. The number of benzene rings is 1. The Bertz CT molecular complexity index is 580. The van der Waals surface area contributed by atoms with Crippen LogP contribution in [0.3, 0.4) is 0 Å². The maximum Gasteiger partial charge on any atom is 0.217 e. The zero-order valence-electron chi connectivity index (χ0n) is 11.6. The maximum absolute atomic E-state index is 14.0. The first kappa shape index (κ1) is 13.5. The Morgan fingerprint density at radius 2 is 2.16 bits per heavy atom. The largest absolute Gasteiger partial charge is 0.436 e. The maximum atomic E-state index is 14.0. The van der Waals surface area contributed by atoms with Crippen LogP contribution >= 0.6 is 0 Å². The number of hydrogen-bond donors (Lipinski definition) is 1. The quantitative estimate of drug-likeness (QED) is 0.921. The second-order valence-corrected chi connectivity index (χ2v) is 4.52. The third kappa shape index (κ3) is 2.76. The average Bonchev–Trinajstić information content (AvgIpc) is 2.69. The van der Waals surface area contributed by atoms with Crippen LogP contribution in [0, 0.1) is 12.7 Å². The Hall–Kier alpha value is -1.88. The van der Waals surface area contributed by atoms with Crippen molar-refractivity contribution in [3.05, 3.63) is 41.3 Å². The lowest BCUT2D eigenvalue weighted by Crippen LogP contribution is -2.14. The highest BCUT2D eigenvalue weighted by Gasteiger charge is 2.16. The van der Waals surface area contributed by atoms with Crippen LogP contribution in [0.1, 0.15) is 24.2 Å². The summed E-state index contributed by atoms with van der Waals surface area (Å²) in [6, 6.07) is 6.70. The normalized spacial score (nSPS) is 12.5. The molecule has 0 amide bonds. The third-order valence-corrected chi connectivity index (χ3v) is 3.06. The van der Waals surface area contributed by atoms with Gasteiger partial charge in [0.1, 0.15) is 0 Å². The number of nitrogens with zero attached hydrogens (tertiary/aromatic N) is 2. The van der Waals surface area contributed by atoms with Crippen molar-refractivity contribution >= 4 is 0 Å². The average molecular weight is 263 g/mol. The minimum atomic E-state index is -0.376. The van der Waals surface area contributed by atoms with Crippen LogP contribution in [0.25, 0.3) is 0 Å². The van der Waals surface area contributed by atoms with Gasteiger partial charge in [0.05, 0.1) is 5.69 Å². The van der Waals surface area contributed by atoms with Crippen molar-refractivity contribution in [2.45, 2.75) is 19.9 Å². The molecular weight excluding hydrogens is 245 g/mol. The zero-order valence-corrected chi connectivity index (χ0v) is 11.6. The van der Waals surface area contributed by atoms with Crippen LogP contribution in [0.15, 0.2) is 24.3 Å². The van der Waals surface area contributed by atoms with Gasteiger partial charge in [-0.3, -0.25) is 0 Å². The van der Waals surface area contributed by atoms with E-state index in [0.29, 0.717) is 5.88 Å². The molecule has 1 heterocycles. The topological polar surface area (TPSA) is 39.1 Å². The Kier molecular flexibility index (Phi) is 3.85. The van der Waals surface area contributed by atoms with Gasteiger partial charge in [-0.1, -0.05) is 12.1 Å². The molecule has 0 bridgehead atoms. The molecule has 1 N–H and O–H groups in total. The molecule has 102 valence electrons. The fourth-order valence-corrected chi connectivity index (χ4v) is 1.92. The molecule has 0 aliphatic rings. The molecular formula is C14H18FN3O. The smallest absolute Gasteiger partial charge is 0.217 e. The van der Waals surface area contributed by atoms with Crippen LogP contribution < -0.4 is 10.1 Å². The summed E-state index contributed by atoms with van der Waals surface area (Å²) < 4.78 is 21.3. The van der Waals surface area contributed by atoms with E-state index in [-0.39, 0.29) is 17.6 Å².